The highest BCUT2D eigenvalue weighted by Gasteiger charge is 2.20. The molecule has 3 nitrogen and oxygen atoms in total. The van der Waals surface area contributed by atoms with Gasteiger partial charge in [0.25, 0.3) is 0 Å². The van der Waals surface area contributed by atoms with Crippen LogP contribution in [0.4, 0.5) is 14.6 Å². The van der Waals surface area contributed by atoms with Crippen molar-refractivity contribution in [1.29, 1.82) is 5.26 Å². The summed E-state index contributed by atoms with van der Waals surface area (Å²) in [7, 11) is 0. The average molecular weight is 273 g/mol. The second kappa shape index (κ2) is 4.97. The van der Waals surface area contributed by atoms with Gasteiger partial charge in [-0.15, -0.1) is 0 Å². The Morgan fingerprint density at radius 1 is 1.15 bits per heavy atom. The lowest BCUT2D eigenvalue weighted by Crippen LogP contribution is -2.18. The van der Waals surface area contributed by atoms with E-state index in [1.54, 1.807) is 6.07 Å². The monoisotopic (exact) mass is 273 g/mol. The highest BCUT2D eigenvalue weighted by molar-refractivity contribution is 5.70. The van der Waals surface area contributed by atoms with Gasteiger partial charge in [0.05, 0.1) is 11.3 Å². The molecule has 1 saturated heterocycles. The molecule has 0 aliphatic carbocycles. The number of H-pyrrole nitrogens is 1. The van der Waals surface area contributed by atoms with Crippen LogP contribution in [0.1, 0.15) is 18.4 Å². The third-order valence-corrected chi connectivity index (χ3v) is 3.56. The van der Waals surface area contributed by atoms with Crippen molar-refractivity contribution in [3.05, 3.63) is 41.5 Å². The summed E-state index contributed by atoms with van der Waals surface area (Å²) in [6, 6.07) is 6.99. The summed E-state index contributed by atoms with van der Waals surface area (Å²) in [5, 5.41) is 9.20. The number of nitrogens with zero attached hydrogens (tertiary/aromatic N) is 2. The number of nitriles is 1. The molecule has 0 atom stereocenters. The zero-order valence-electron chi connectivity index (χ0n) is 10.8. The summed E-state index contributed by atoms with van der Waals surface area (Å²) in [5.74, 6) is -0.314. The lowest BCUT2D eigenvalue weighted by molar-refractivity contribution is 0.603. The summed E-state index contributed by atoms with van der Waals surface area (Å²) in [4.78, 5) is 5.12. The van der Waals surface area contributed by atoms with Gasteiger partial charge in [-0.2, -0.15) is 5.26 Å². The quantitative estimate of drug-likeness (QED) is 0.910. The molecule has 20 heavy (non-hydrogen) atoms. The maximum atomic E-state index is 13.8. The van der Waals surface area contributed by atoms with E-state index in [0.717, 1.165) is 44.1 Å². The molecule has 102 valence electrons. The number of aromatic amines is 1. The van der Waals surface area contributed by atoms with Gasteiger partial charge >= 0.3 is 0 Å². The number of benzene rings is 1. The van der Waals surface area contributed by atoms with Gasteiger partial charge in [0.2, 0.25) is 0 Å². The predicted octanol–water partition coefficient (Wildman–Crippen LogP) is 3.43. The highest BCUT2D eigenvalue weighted by atomic mass is 19.1. The summed E-state index contributed by atoms with van der Waals surface area (Å²) < 4.78 is 27.1. The van der Waals surface area contributed by atoms with Gasteiger partial charge in [0.15, 0.2) is 0 Å². The molecule has 2 aromatic rings. The van der Waals surface area contributed by atoms with Crippen LogP contribution in [0, 0.1) is 23.0 Å². The second-order valence-electron chi connectivity index (χ2n) is 4.88. The highest BCUT2D eigenvalue weighted by Crippen LogP contribution is 2.30. The van der Waals surface area contributed by atoms with Crippen LogP contribution in [0.25, 0.3) is 11.3 Å². The molecule has 0 spiro atoms. The van der Waals surface area contributed by atoms with Crippen molar-refractivity contribution in [2.75, 3.05) is 18.0 Å². The number of hydrogen-bond donors (Lipinski definition) is 1. The Kier molecular flexibility index (Phi) is 3.15. The molecule has 1 aromatic heterocycles. The molecule has 2 heterocycles. The van der Waals surface area contributed by atoms with E-state index in [-0.39, 0.29) is 5.56 Å². The molecular formula is C15H13F2N3. The van der Waals surface area contributed by atoms with Gasteiger partial charge in [-0.25, -0.2) is 8.78 Å². The van der Waals surface area contributed by atoms with Crippen LogP contribution in [0.2, 0.25) is 0 Å². The number of nitrogens with one attached hydrogen (secondary N) is 1. The average Bonchev–Trinajstić information content (AvgIpc) is 3.09. The van der Waals surface area contributed by atoms with Gasteiger partial charge < -0.3 is 9.88 Å². The van der Waals surface area contributed by atoms with Crippen molar-refractivity contribution in [1.82, 2.24) is 4.98 Å². The third-order valence-electron chi connectivity index (χ3n) is 3.56. The summed E-state index contributed by atoms with van der Waals surface area (Å²) >= 11 is 0. The molecule has 1 N–H and O–H groups in total. The Morgan fingerprint density at radius 3 is 2.60 bits per heavy atom. The SMILES string of the molecule is N#Cc1cc(-c2cc(F)ccc2F)[nH]c1N1CCCC1. The Bertz CT molecular complexity index is 679. The molecule has 0 amide bonds. The first-order chi connectivity index (χ1) is 9.69. The molecule has 0 bridgehead atoms. The fraction of sp³-hybridized carbons (Fsp3) is 0.267. The van der Waals surface area contributed by atoms with Crippen LogP contribution >= 0.6 is 0 Å². The van der Waals surface area contributed by atoms with E-state index in [4.69, 9.17) is 0 Å². The van der Waals surface area contributed by atoms with Crippen molar-refractivity contribution < 1.29 is 8.78 Å². The van der Waals surface area contributed by atoms with Gasteiger partial charge in [-0.05, 0) is 37.1 Å². The Hall–Kier alpha value is -2.35. The van der Waals surface area contributed by atoms with Crippen molar-refractivity contribution in [2.45, 2.75) is 12.8 Å². The number of hydrogen-bond acceptors (Lipinski definition) is 2. The summed E-state index contributed by atoms with van der Waals surface area (Å²) in [6.07, 6.45) is 2.15. The fourth-order valence-electron chi connectivity index (χ4n) is 2.57. The summed E-state index contributed by atoms with van der Waals surface area (Å²) in [6.45, 7) is 1.75. The van der Waals surface area contributed by atoms with Gasteiger partial charge in [-0.3, -0.25) is 0 Å². The first-order valence-electron chi connectivity index (χ1n) is 6.52. The Morgan fingerprint density at radius 2 is 1.90 bits per heavy atom. The Labute approximate surface area is 115 Å². The molecule has 1 aliphatic heterocycles. The topological polar surface area (TPSA) is 42.8 Å². The van der Waals surface area contributed by atoms with Crippen LogP contribution < -0.4 is 4.90 Å². The van der Waals surface area contributed by atoms with Crippen LogP contribution in [0.15, 0.2) is 24.3 Å². The van der Waals surface area contributed by atoms with Crippen molar-refractivity contribution >= 4 is 5.82 Å². The molecule has 1 fully saturated rings. The predicted molar refractivity (Wildman–Crippen MR) is 72.3 cm³/mol. The van der Waals surface area contributed by atoms with Crippen LogP contribution in [0.3, 0.4) is 0 Å². The third kappa shape index (κ3) is 2.14. The van der Waals surface area contributed by atoms with Gasteiger partial charge in [-0.1, -0.05) is 0 Å². The Balaban J connectivity index is 2.07. The first-order valence-corrected chi connectivity index (χ1v) is 6.52. The van der Waals surface area contributed by atoms with Gasteiger partial charge in [0.1, 0.15) is 23.5 Å². The number of aromatic nitrogens is 1. The number of rotatable bonds is 2. The van der Waals surface area contributed by atoms with Crippen LogP contribution in [0.5, 0.6) is 0 Å². The number of anilines is 1. The van der Waals surface area contributed by atoms with E-state index < -0.39 is 11.6 Å². The largest absolute Gasteiger partial charge is 0.357 e. The first kappa shape index (κ1) is 12.7. The maximum absolute atomic E-state index is 13.8. The number of halogens is 2. The van der Waals surface area contributed by atoms with E-state index in [1.165, 1.54) is 0 Å². The standard InChI is InChI=1S/C15H13F2N3/c16-11-3-4-13(17)12(8-11)14-7-10(9-18)15(19-14)20-5-1-2-6-20/h3-4,7-8,19H,1-2,5-6H2. The lowest BCUT2D eigenvalue weighted by atomic mass is 10.1. The molecular weight excluding hydrogens is 260 g/mol. The summed E-state index contributed by atoms with van der Waals surface area (Å²) in [5.41, 5.74) is 1.04. The minimum absolute atomic E-state index is 0.145. The molecule has 0 unspecified atom stereocenters. The van der Waals surface area contributed by atoms with E-state index in [2.05, 4.69) is 16.0 Å². The lowest BCUT2D eigenvalue weighted by Gasteiger charge is -2.15. The molecule has 0 radical (unpaired) electrons. The van der Waals surface area contributed by atoms with Crippen LogP contribution in [-0.4, -0.2) is 18.1 Å². The minimum Gasteiger partial charge on any atom is -0.357 e. The van der Waals surface area contributed by atoms with E-state index in [1.807, 2.05) is 0 Å². The molecule has 1 aromatic carbocycles. The minimum atomic E-state index is -0.509. The molecule has 3 rings (SSSR count). The van der Waals surface area contributed by atoms with E-state index in [9.17, 15) is 14.0 Å². The van der Waals surface area contributed by atoms with Crippen molar-refractivity contribution in [3.63, 3.8) is 0 Å². The molecule has 5 heteroatoms. The zero-order chi connectivity index (χ0) is 14.1. The molecule has 1 aliphatic rings. The van der Waals surface area contributed by atoms with Gasteiger partial charge in [0, 0.05) is 18.7 Å². The van der Waals surface area contributed by atoms with E-state index >= 15 is 0 Å². The van der Waals surface area contributed by atoms with E-state index in [0.29, 0.717) is 17.1 Å². The maximum Gasteiger partial charge on any atom is 0.132 e. The van der Waals surface area contributed by atoms with Crippen LogP contribution in [-0.2, 0) is 0 Å². The zero-order valence-corrected chi connectivity index (χ0v) is 10.8. The normalized spacial score (nSPS) is 14.6. The smallest absolute Gasteiger partial charge is 0.132 e. The van der Waals surface area contributed by atoms with Crippen molar-refractivity contribution in [3.8, 4) is 17.3 Å². The second-order valence-corrected chi connectivity index (χ2v) is 4.88. The fourth-order valence-corrected chi connectivity index (χ4v) is 2.57. The van der Waals surface area contributed by atoms with Crippen molar-refractivity contribution in [2.24, 2.45) is 0 Å². The molecule has 0 saturated carbocycles.